The van der Waals surface area contributed by atoms with E-state index in [1.165, 1.54) is 13.2 Å². The highest BCUT2D eigenvalue weighted by molar-refractivity contribution is 6.04. The highest BCUT2D eigenvalue weighted by atomic mass is 16.6. The van der Waals surface area contributed by atoms with Crippen LogP contribution in [0.2, 0.25) is 0 Å². The van der Waals surface area contributed by atoms with Crippen molar-refractivity contribution in [1.29, 1.82) is 0 Å². The molecular weight excluding hydrogens is 394 g/mol. The average molecular weight is 412 g/mol. The number of benzene rings is 2. The van der Waals surface area contributed by atoms with Gasteiger partial charge in [-0.3, -0.25) is 10.1 Å². The number of methoxy groups -OCH3 is 1. The maximum Gasteiger partial charge on any atom is 0.338 e. The summed E-state index contributed by atoms with van der Waals surface area (Å²) in [6.07, 6.45) is 0. The van der Waals surface area contributed by atoms with Crippen LogP contribution < -0.4 is 20.5 Å². The molecule has 0 radical (unpaired) electrons. The zero-order chi connectivity index (χ0) is 21.8. The lowest BCUT2D eigenvalue weighted by Crippen LogP contribution is -2.45. The number of hydrogen-bond acceptors (Lipinski definition) is 7. The number of nitrogens with one attached hydrogen (secondary N) is 2. The van der Waals surface area contributed by atoms with Crippen LogP contribution in [-0.4, -0.2) is 30.6 Å². The number of ether oxygens (including phenoxy) is 2. The Balaban J connectivity index is 2.26. The van der Waals surface area contributed by atoms with Gasteiger partial charge < -0.3 is 25.2 Å². The van der Waals surface area contributed by atoms with E-state index in [1.54, 1.807) is 37.3 Å². The van der Waals surface area contributed by atoms with Gasteiger partial charge in [0, 0.05) is 11.8 Å². The molecule has 10 nitrogen and oxygen atoms in total. The second-order valence-electron chi connectivity index (χ2n) is 6.24. The lowest BCUT2D eigenvalue weighted by Gasteiger charge is -2.30. The molecule has 3 rings (SSSR count). The van der Waals surface area contributed by atoms with E-state index in [0.29, 0.717) is 5.56 Å². The second-order valence-corrected chi connectivity index (χ2v) is 6.24. The predicted octanol–water partition coefficient (Wildman–Crippen LogP) is 2.01. The number of rotatable bonds is 6. The number of amides is 2. The van der Waals surface area contributed by atoms with Gasteiger partial charge in [0.25, 0.3) is 5.69 Å². The summed E-state index contributed by atoms with van der Waals surface area (Å²) in [6.45, 7) is 1.71. The molecule has 1 atom stereocenters. The van der Waals surface area contributed by atoms with Crippen molar-refractivity contribution < 1.29 is 29.1 Å². The summed E-state index contributed by atoms with van der Waals surface area (Å²) >= 11 is 0. The van der Waals surface area contributed by atoms with Crippen molar-refractivity contribution >= 4 is 23.4 Å². The molecule has 2 N–H and O–H groups in total. The number of esters is 1. The number of nitrogens with zero attached hydrogens (tertiary/aromatic N) is 1. The summed E-state index contributed by atoms with van der Waals surface area (Å²) in [4.78, 5) is 35.7. The molecule has 1 heterocycles. The zero-order valence-corrected chi connectivity index (χ0v) is 16.1. The lowest BCUT2D eigenvalue weighted by molar-refractivity contribution is -0.398. The molecule has 10 heteroatoms. The molecule has 0 saturated heterocycles. The Morgan fingerprint density at radius 3 is 2.53 bits per heavy atom. The second kappa shape index (κ2) is 8.52. The number of nitro groups is 1. The van der Waals surface area contributed by atoms with Crippen molar-refractivity contribution in [3.05, 3.63) is 69.3 Å². The summed E-state index contributed by atoms with van der Waals surface area (Å²) in [7, 11) is 1.20. The number of nitro benzene ring substituents is 1. The first-order valence-electron chi connectivity index (χ1n) is 8.94. The fraction of sp³-hybridized carbons (Fsp3) is 0.200. The Bertz CT molecular complexity index is 1030. The summed E-state index contributed by atoms with van der Waals surface area (Å²) in [5.74, 6) is -1.91. The van der Waals surface area contributed by atoms with Crippen LogP contribution in [0.4, 0.5) is 10.5 Å². The maximum absolute atomic E-state index is 12.8. The normalized spacial score (nSPS) is 15.8. The molecule has 156 valence electrons. The standard InChI is InChI=1S/C20H19N3O7/c1-3-30-19(25)15-16(11-7-5-4-6-8-11)21-20(26)22-17(15)12-9-13(23(27)28)18(24)14(10-12)29-2/h4-10,17,24H,3H2,1-2H3,(H2,21,22,26)/p-1/t17-/m1/s1. The summed E-state index contributed by atoms with van der Waals surface area (Å²) < 4.78 is 10.1. The van der Waals surface area contributed by atoms with E-state index in [2.05, 4.69) is 10.6 Å². The van der Waals surface area contributed by atoms with Crippen molar-refractivity contribution in [2.75, 3.05) is 13.7 Å². The van der Waals surface area contributed by atoms with Gasteiger partial charge in [-0.1, -0.05) is 30.3 Å². The highest BCUT2D eigenvalue weighted by Gasteiger charge is 2.35. The quantitative estimate of drug-likeness (QED) is 0.420. The first-order chi connectivity index (χ1) is 14.4. The van der Waals surface area contributed by atoms with Crippen molar-refractivity contribution in [3.63, 3.8) is 0 Å². The predicted molar refractivity (Wildman–Crippen MR) is 103 cm³/mol. The molecule has 0 fully saturated rings. The fourth-order valence-electron chi connectivity index (χ4n) is 3.14. The van der Waals surface area contributed by atoms with Crippen molar-refractivity contribution in [3.8, 4) is 11.5 Å². The number of carbonyl (C=O) groups excluding carboxylic acids is 2. The van der Waals surface area contributed by atoms with Crippen LogP contribution in [0.15, 0.2) is 48.0 Å². The number of urea groups is 1. The van der Waals surface area contributed by atoms with Crippen LogP contribution in [-0.2, 0) is 9.53 Å². The monoisotopic (exact) mass is 412 g/mol. The minimum absolute atomic E-state index is 0.0395. The molecule has 30 heavy (non-hydrogen) atoms. The topological polar surface area (TPSA) is 143 Å². The molecule has 0 aromatic heterocycles. The Morgan fingerprint density at radius 1 is 1.23 bits per heavy atom. The van der Waals surface area contributed by atoms with E-state index in [-0.39, 0.29) is 29.2 Å². The molecule has 2 aromatic rings. The maximum atomic E-state index is 12.8. The van der Waals surface area contributed by atoms with Crippen LogP contribution in [0.5, 0.6) is 11.5 Å². The molecule has 0 saturated carbocycles. The van der Waals surface area contributed by atoms with Gasteiger partial charge in [-0.05, 0) is 24.1 Å². The third kappa shape index (κ3) is 3.88. The van der Waals surface area contributed by atoms with Gasteiger partial charge in [-0.25, -0.2) is 9.59 Å². The van der Waals surface area contributed by atoms with E-state index in [4.69, 9.17) is 9.47 Å². The Hall–Kier alpha value is -4.08. The van der Waals surface area contributed by atoms with Crippen LogP contribution in [0.25, 0.3) is 5.70 Å². The molecule has 0 spiro atoms. The summed E-state index contributed by atoms with van der Waals surface area (Å²) in [5, 5.41) is 28.7. The average Bonchev–Trinajstić information content (AvgIpc) is 2.73. The molecular formula is C20H18N3O7-. The minimum Gasteiger partial charge on any atom is -0.865 e. The Labute approximate surface area is 171 Å². The van der Waals surface area contributed by atoms with Gasteiger partial charge in [-0.15, -0.1) is 0 Å². The van der Waals surface area contributed by atoms with Gasteiger partial charge in [-0.2, -0.15) is 0 Å². The third-order valence-corrected chi connectivity index (χ3v) is 4.44. The van der Waals surface area contributed by atoms with Crippen molar-refractivity contribution in [1.82, 2.24) is 10.6 Å². The summed E-state index contributed by atoms with van der Waals surface area (Å²) in [6, 6.07) is 9.16. The van der Waals surface area contributed by atoms with Crippen LogP contribution in [0, 0.1) is 10.1 Å². The zero-order valence-electron chi connectivity index (χ0n) is 16.1. The van der Waals surface area contributed by atoms with Gasteiger partial charge in [0.15, 0.2) is 0 Å². The molecule has 0 unspecified atom stereocenters. The van der Waals surface area contributed by atoms with Crippen LogP contribution in [0.1, 0.15) is 24.1 Å². The number of hydrogen-bond donors (Lipinski definition) is 2. The third-order valence-electron chi connectivity index (χ3n) is 4.44. The minimum atomic E-state index is -1.11. The van der Waals surface area contributed by atoms with Crippen LogP contribution >= 0.6 is 0 Å². The Kier molecular flexibility index (Phi) is 5.86. The lowest BCUT2D eigenvalue weighted by atomic mass is 9.92. The first-order valence-corrected chi connectivity index (χ1v) is 8.94. The van der Waals surface area contributed by atoms with Crippen molar-refractivity contribution in [2.45, 2.75) is 13.0 Å². The molecule has 1 aliphatic heterocycles. The van der Waals surface area contributed by atoms with Gasteiger partial charge in [0.2, 0.25) is 0 Å². The molecule has 0 aliphatic carbocycles. The van der Waals surface area contributed by atoms with E-state index in [1.807, 2.05) is 0 Å². The summed E-state index contributed by atoms with van der Waals surface area (Å²) in [5.41, 5.74) is 0.182. The molecule has 2 amide bonds. The van der Waals surface area contributed by atoms with Gasteiger partial charge in [0.1, 0.15) is 5.75 Å². The van der Waals surface area contributed by atoms with Gasteiger partial charge >= 0.3 is 12.0 Å². The van der Waals surface area contributed by atoms with Gasteiger partial charge in [0.05, 0.1) is 36.0 Å². The fourth-order valence-corrected chi connectivity index (χ4v) is 3.14. The first kappa shape index (κ1) is 20.6. The number of carbonyl (C=O) groups is 2. The SMILES string of the molecule is CCOC(=O)C1=C(c2ccccc2)NC(=O)N[C@@H]1c1cc(OC)c([O-])c([N+](=O)[O-])c1. The largest absolute Gasteiger partial charge is 0.865 e. The van der Waals surface area contributed by atoms with E-state index in [9.17, 15) is 24.8 Å². The molecule has 0 bridgehead atoms. The van der Waals surface area contributed by atoms with E-state index < -0.39 is 34.4 Å². The Morgan fingerprint density at radius 2 is 1.93 bits per heavy atom. The van der Waals surface area contributed by atoms with E-state index >= 15 is 0 Å². The van der Waals surface area contributed by atoms with Crippen LogP contribution in [0.3, 0.4) is 0 Å². The highest BCUT2D eigenvalue weighted by Crippen LogP contribution is 2.40. The molecule has 2 aromatic carbocycles. The van der Waals surface area contributed by atoms with Crippen molar-refractivity contribution in [2.24, 2.45) is 0 Å². The molecule has 1 aliphatic rings. The smallest absolute Gasteiger partial charge is 0.338 e. The van der Waals surface area contributed by atoms with E-state index in [0.717, 1.165) is 6.07 Å².